The summed E-state index contributed by atoms with van der Waals surface area (Å²) in [4.78, 5) is 23.7. The van der Waals surface area contributed by atoms with E-state index in [2.05, 4.69) is 33.9 Å². The fourth-order valence-corrected chi connectivity index (χ4v) is 3.57. The smallest absolute Gasteiger partial charge is 0.320 e. The minimum Gasteiger partial charge on any atom is -0.468 e. The molecule has 0 saturated heterocycles. The lowest BCUT2D eigenvalue weighted by molar-refractivity contribution is -0.160. The Morgan fingerprint density at radius 3 is 2.00 bits per heavy atom. The van der Waals surface area contributed by atoms with Crippen molar-refractivity contribution in [2.75, 3.05) is 14.2 Å². The predicted molar refractivity (Wildman–Crippen MR) is 86.8 cm³/mol. The standard InChI is InChI=1S/C16H28O5Si/c1-16(2,3)22(6,7)21-12-9-8-11(10-12)13(14(17)19-4)15(18)20-5/h8-9,11-13H,10H2,1-7H3/t11-,12+/m0/s1. The number of hydrogen-bond donors (Lipinski definition) is 0. The molecule has 0 aromatic heterocycles. The number of carbonyl (C=O) groups is 2. The highest BCUT2D eigenvalue weighted by atomic mass is 28.4. The van der Waals surface area contributed by atoms with Crippen LogP contribution in [0.1, 0.15) is 27.2 Å². The van der Waals surface area contributed by atoms with Crippen LogP contribution in [0.2, 0.25) is 18.1 Å². The molecule has 0 amide bonds. The normalized spacial score (nSPS) is 22.0. The van der Waals surface area contributed by atoms with E-state index in [0.29, 0.717) is 6.42 Å². The monoisotopic (exact) mass is 328 g/mol. The summed E-state index contributed by atoms with van der Waals surface area (Å²) in [7, 11) is 0.668. The molecule has 0 unspecified atom stereocenters. The molecule has 0 aromatic carbocycles. The van der Waals surface area contributed by atoms with Gasteiger partial charge in [0.25, 0.3) is 0 Å². The van der Waals surface area contributed by atoms with Crippen molar-refractivity contribution >= 4 is 20.3 Å². The van der Waals surface area contributed by atoms with Crippen LogP contribution in [0.3, 0.4) is 0 Å². The van der Waals surface area contributed by atoms with Crippen molar-refractivity contribution in [3.05, 3.63) is 12.2 Å². The van der Waals surface area contributed by atoms with Crippen molar-refractivity contribution < 1.29 is 23.5 Å². The second kappa shape index (κ2) is 6.96. The van der Waals surface area contributed by atoms with Gasteiger partial charge in [-0.25, -0.2) is 0 Å². The van der Waals surface area contributed by atoms with Crippen LogP contribution in [-0.4, -0.2) is 40.6 Å². The Labute approximate surface area is 134 Å². The number of rotatable bonds is 5. The lowest BCUT2D eigenvalue weighted by atomic mass is 9.91. The topological polar surface area (TPSA) is 61.8 Å². The molecule has 0 N–H and O–H groups in total. The van der Waals surface area contributed by atoms with Crippen LogP contribution in [0.15, 0.2) is 12.2 Å². The molecule has 6 heteroatoms. The third kappa shape index (κ3) is 4.20. The first kappa shape index (κ1) is 18.9. The first-order valence-corrected chi connectivity index (χ1v) is 10.5. The van der Waals surface area contributed by atoms with Gasteiger partial charge in [0, 0.05) is 5.92 Å². The molecular weight excluding hydrogens is 300 g/mol. The first-order valence-electron chi connectivity index (χ1n) is 7.55. The molecule has 126 valence electrons. The summed E-state index contributed by atoms with van der Waals surface area (Å²) in [6.07, 6.45) is 4.35. The minimum absolute atomic E-state index is 0.0669. The van der Waals surface area contributed by atoms with Gasteiger partial charge in [-0.15, -0.1) is 0 Å². The molecule has 5 nitrogen and oxygen atoms in total. The van der Waals surface area contributed by atoms with Crippen LogP contribution < -0.4 is 0 Å². The molecule has 0 fully saturated rings. The van der Waals surface area contributed by atoms with E-state index in [4.69, 9.17) is 13.9 Å². The summed E-state index contributed by atoms with van der Waals surface area (Å²) < 4.78 is 15.8. The zero-order chi connectivity index (χ0) is 17.1. The zero-order valence-corrected chi connectivity index (χ0v) is 15.6. The van der Waals surface area contributed by atoms with Gasteiger partial charge in [0.2, 0.25) is 0 Å². The van der Waals surface area contributed by atoms with Crippen molar-refractivity contribution in [1.82, 2.24) is 0 Å². The summed E-state index contributed by atoms with van der Waals surface area (Å²) in [6.45, 7) is 10.9. The molecule has 1 aliphatic rings. The van der Waals surface area contributed by atoms with Crippen molar-refractivity contribution in [1.29, 1.82) is 0 Å². The Bertz CT molecular complexity index is 434. The van der Waals surface area contributed by atoms with Crippen LogP contribution in [0.25, 0.3) is 0 Å². The molecule has 1 rings (SSSR count). The summed E-state index contributed by atoms with van der Waals surface area (Å²) in [6, 6.07) is 0. The molecule has 0 heterocycles. The largest absolute Gasteiger partial charge is 0.468 e. The molecule has 0 spiro atoms. The lowest BCUT2D eigenvalue weighted by Crippen LogP contribution is -2.43. The minimum atomic E-state index is -1.89. The number of methoxy groups -OCH3 is 2. The molecule has 0 saturated carbocycles. The molecular formula is C16H28O5Si. The fraction of sp³-hybridized carbons (Fsp3) is 0.750. The average molecular weight is 328 g/mol. The highest BCUT2D eigenvalue weighted by Crippen LogP contribution is 2.39. The molecule has 2 atom stereocenters. The van der Waals surface area contributed by atoms with Gasteiger partial charge in [-0.1, -0.05) is 32.9 Å². The number of carbonyl (C=O) groups excluding carboxylic acids is 2. The van der Waals surface area contributed by atoms with Gasteiger partial charge in [-0.05, 0) is 24.6 Å². The van der Waals surface area contributed by atoms with Crippen LogP contribution >= 0.6 is 0 Å². The van der Waals surface area contributed by atoms with E-state index < -0.39 is 26.2 Å². The van der Waals surface area contributed by atoms with E-state index >= 15 is 0 Å². The Hall–Kier alpha value is -1.14. The number of ether oxygens (including phenoxy) is 2. The average Bonchev–Trinajstić information content (AvgIpc) is 2.84. The van der Waals surface area contributed by atoms with E-state index in [0.717, 1.165) is 0 Å². The summed E-state index contributed by atoms with van der Waals surface area (Å²) in [5, 5.41) is 0.114. The maximum atomic E-state index is 11.9. The molecule has 0 radical (unpaired) electrons. The van der Waals surface area contributed by atoms with E-state index in [-0.39, 0.29) is 17.1 Å². The van der Waals surface area contributed by atoms with Gasteiger partial charge < -0.3 is 13.9 Å². The highest BCUT2D eigenvalue weighted by Gasteiger charge is 2.43. The van der Waals surface area contributed by atoms with Gasteiger partial charge in [-0.3, -0.25) is 9.59 Å². The summed E-state index contributed by atoms with van der Waals surface area (Å²) in [5.41, 5.74) is 0. The summed E-state index contributed by atoms with van der Waals surface area (Å²) in [5.74, 6) is -2.28. The van der Waals surface area contributed by atoms with Crippen LogP contribution in [0, 0.1) is 11.8 Å². The summed E-state index contributed by atoms with van der Waals surface area (Å²) >= 11 is 0. The van der Waals surface area contributed by atoms with Crippen LogP contribution in [0.5, 0.6) is 0 Å². The molecule has 1 aliphatic carbocycles. The lowest BCUT2D eigenvalue weighted by Gasteiger charge is -2.38. The third-order valence-corrected chi connectivity index (χ3v) is 9.17. The quantitative estimate of drug-likeness (QED) is 0.336. The van der Waals surface area contributed by atoms with Gasteiger partial charge in [0.05, 0.1) is 20.3 Å². The van der Waals surface area contributed by atoms with E-state index in [1.807, 2.05) is 12.2 Å². The molecule has 0 aromatic rings. The van der Waals surface area contributed by atoms with Crippen LogP contribution in [0.4, 0.5) is 0 Å². The Balaban J connectivity index is 2.79. The maximum Gasteiger partial charge on any atom is 0.320 e. The Kier molecular flexibility index (Phi) is 5.98. The van der Waals surface area contributed by atoms with E-state index in [1.165, 1.54) is 14.2 Å². The Morgan fingerprint density at radius 1 is 1.09 bits per heavy atom. The van der Waals surface area contributed by atoms with Gasteiger partial charge in [0.1, 0.15) is 0 Å². The highest BCUT2D eigenvalue weighted by molar-refractivity contribution is 6.74. The number of allylic oxidation sites excluding steroid dienone is 1. The van der Waals surface area contributed by atoms with Crippen molar-refractivity contribution in [3.63, 3.8) is 0 Å². The second-order valence-corrected chi connectivity index (χ2v) is 12.0. The zero-order valence-electron chi connectivity index (χ0n) is 14.6. The van der Waals surface area contributed by atoms with Gasteiger partial charge in [0.15, 0.2) is 14.2 Å². The SMILES string of the molecule is COC(=O)C(C(=O)OC)[C@H]1C=C[C@@H](O[Si](C)(C)C(C)(C)C)C1. The van der Waals surface area contributed by atoms with Crippen molar-refractivity contribution in [2.24, 2.45) is 11.8 Å². The van der Waals surface area contributed by atoms with Gasteiger partial charge in [-0.2, -0.15) is 0 Å². The fourth-order valence-electron chi connectivity index (χ4n) is 2.28. The van der Waals surface area contributed by atoms with Crippen molar-refractivity contribution in [2.45, 2.75) is 51.4 Å². The van der Waals surface area contributed by atoms with Crippen LogP contribution in [-0.2, 0) is 23.5 Å². The van der Waals surface area contributed by atoms with Crippen molar-refractivity contribution in [3.8, 4) is 0 Å². The van der Waals surface area contributed by atoms with Gasteiger partial charge >= 0.3 is 11.9 Å². The molecule has 0 aliphatic heterocycles. The second-order valence-electron chi connectivity index (χ2n) is 7.23. The maximum absolute atomic E-state index is 11.9. The van der Waals surface area contributed by atoms with E-state index in [1.54, 1.807) is 0 Å². The number of hydrogen-bond acceptors (Lipinski definition) is 5. The van der Waals surface area contributed by atoms with E-state index in [9.17, 15) is 9.59 Å². The first-order chi connectivity index (χ1) is 10.0. The predicted octanol–water partition coefficient (Wildman–Crippen LogP) is 2.92. The number of esters is 2. The molecule has 22 heavy (non-hydrogen) atoms. The Morgan fingerprint density at radius 2 is 1.59 bits per heavy atom. The molecule has 0 bridgehead atoms. The third-order valence-electron chi connectivity index (χ3n) is 4.67.